The van der Waals surface area contributed by atoms with Gasteiger partial charge in [-0.3, -0.25) is 39.2 Å². The number of carbonyl (C=O) groups is 4. The number of halogens is 3. The van der Waals surface area contributed by atoms with Gasteiger partial charge in [0.05, 0.1) is 28.9 Å². The van der Waals surface area contributed by atoms with Gasteiger partial charge in [0.1, 0.15) is 18.4 Å². The minimum Gasteiger partial charge on any atom is -0.481 e. The first-order valence-corrected chi connectivity index (χ1v) is 15.4. The third-order valence-electron chi connectivity index (χ3n) is 9.09. The molecule has 3 fully saturated rings. The van der Waals surface area contributed by atoms with Gasteiger partial charge in [-0.15, -0.1) is 0 Å². The van der Waals surface area contributed by atoms with E-state index in [2.05, 4.69) is 31.9 Å². The summed E-state index contributed by atoms with van der Waals surface area (Å²) in [5.41, 5.74) is 0.590. The van der Waals surface area contributed by atoms with Gasteiger partial charge in [-0.2, -0.15) is 13.2 Å². The Balaban J connectivity index is 0.963. The topological polar surface area (TPSA) is 102 Å². The SMILES string of the molecule is O=C1CCC(N2C(=O)c3cccc(N4CCN(C5CCN(CC#CCOc6ccc(C(F)(F)F)cc6)CC5)CC4)c3C2=O)C(=O)N1. The number of carbonyl (C=O) groups excluding carboxylic acids is 4. The summed E-state index contributed by atoms with van der Waals surface area (Å²) in [5, 5.41) is 2.24. The number of ether oxygens (including phenoxy) is 1. The van der Waals surface area contributed by atoms with Crippen LogP contribution in [0.15, 0.2) is 42.5 Å². The first kappa shape index (κ1) is 31.6. The van der Waals surface area contributed by atoms with E-state index in [1.807, 2.05) is 6.07 Å². The Kier molecular flexibility index (Phi) is 9.02. The van der Waals surface area contributed by atoms with E-state index in [9.17, 15) is 32.3 Å². The van der Waals surface area contributed by atoms with E-state index in [1.165, 1.54) is 12.1 Å². The molecule has 6 rings (SSSR count). The molecule has 2 aromatic rings. The molecule has 0 aliphatic carbocycles. The average molecular weight is 638 g/mol. The Morgan fingerprint density at radius 1 is 0.848 bits per heavy atom. The molecule has 242 valence electrons. The van der Waals surface area contributed by atoms with Crippen molar-refractivity contribution < 1.29 is 37.1 Å². The van der Waals surface area contributed by atoms with Crippen LogP contribution in [0.5, 0.6) is 5.75 Å². The van der Waals surface area contributed by atoms with Gasteiger partial charge in [0.2, 0.25) is 11.8 Å². The van der Waals surface area contributed by atoms with E-state index in [0.29, 0.717) is 42.7 Å². The second kappa shape index (κ2) is 13.1. The second-order valence-electron chi connectivity index (χ2n) is 11.8. The van der Waals surface area contributed by atoms with Crippen molar-refractivity contribution in [2.45, 2.75) is 43.9 Å². The number of hydrogen-bond acceptors (Lipinski definition) is 8. The molecule has 1 N–H and O–H groups in total. The van der Waals surface area contributed by atoms with Crippen molar-refractivity contribution in [1.29, 1.82) is 0 Å². The third kappa shape index (κ3) is 6.59. The van der Waals surface area contributed by atoms with Gasteiger partial charge in [-0.25, -0.2) is 0 Å². The molecule has 46 heavy (non-hydrogen) atoms. The number of likely N-dealkylation sites (tertiary alicyclic amines) is 1. The minimum absolute atomic E-state index is 0.0780. The van der Waals surface area contributed by atoms with Crippen molar-refractivity contribution in [3.63, 3.8) is 0 Å². The van der Waals surface area contributed by atoms with E-state index in [1.54, 1.807) is 12.1 Å². The van der Waals surface area contributed by atoms with Crippen LogP contribution in [0.25, 0.3) is 0 Å². The Labute approximate surface area is 264 Å². The van der Waals surface area contributed by atoms with Crippen LogP contribution >= 0.6 is 0 Å². The summed E-state index contributed by atoms with van der Waals surface area (Å²) in [6, 6.07) is 9.23. The molecule has 0 aromatic heterocycles. The van der Waals surface area contributed by atoms with Crippen LogP contribution in [0.3, 0.4) is 0 Å². The van der Waals surface area contributed by atoms with E-state index < -0.39 is 41.4 Å². The lowest BCUT2D eigenvalue weighted by Crippen LogP contribution is -2.54. The van der Waals surface area contributed by atoms with E-state index in [4.69, 9.17) is 4.74 Å². The van der Waals surface area contributed by atoms with Gasteiger partial charge in [0.25, 0.3) is 11.8 Å². The highest BCUT2D eigenvalue weighted by atomic mass is 19.4. The fourth-order valence-corrected chi connectivity index (χ4v) is 6.61. The van der Waals surface area contributed by atoms with Gasteiger partial charge in [-0.05, 0) is 55.7 Å². The Morgan fingerprint density at radius 3 is 2.24 bits per heavy atom. The number of amides is 4. The van der Waals surface area contributed by atoms with Gasteiger partial charge >= 0.3 is 6.18 Å². The molecule has 4 aliphatic heterocycles. The second-order valence-corrected chi connectivity index (χ2v) is 11.8. The predicted molar refractivity (Wildman–Crippen MR) is 161 cm³/mol. The van der Waals surface area contributed by atoms with Crippen LogP contribution in [-0.4, -0.2) is 103 Å². The standard InChI is InChI=1S/C33H34F3N5O5/c34-33(35,36)22-6-8-24(9-7-22)46-21-2-1-14-38-15-12-23(13-16-38)39-17-19-40(20-18-39)26-5-3-4-25-29(26)32(45)41(31(25)44)27-10-11-28(42)37-30(27)43/h3-9,23,27H,10-21H2,(H,37,42,43). The van der Waals surface area contributed by atoms with Crippen molar-refractivity contribution in [3.8, 4) is 17.6 Å². The van der Waals surface area contributed by atoms with Crippen LogP contribution < -0.4 is 15.0 Å². The van der Waals surface area contributed by atoms with Crippen LogP contribution in [0, 0.1) is 11.8 Å². The fraction of sp³-hybridized carbons (Fsp3) is 0.455. The Morgan fingerprint density at radius 2 is 1.57 bits per heavy atom. The van der Waals surface area contributed by atoms with Crippen molar-refractivity contribution in [3.05, 3.63) is 59.2 Å². The minimum atomic E-state index is -4.38. The number of fused-ring (bicyclic) bond motifs is 1. The molecule has 4 heterocycles. The number of hydrogen-bond donors (Lipinski definition) is 1. The number of rotatable bonds is 6. The summed E-state index contributed by atoms with van der Waals surface area (Å²) >= 11 is 0. The lowest BCUT2D eigenvalue weighted by Gasteiger charge is -2.43. The maximum absolute atomic E-state index is 13.5. The summed E-state index contributed by atoms with van der Waals surface area (Å²) in [5.74, 6) is 4.35. The zero-order valence-corrected chi connectivity index (χ0v) is 25.1. The van der Waals surface area contributed by atoms with Crippen molar-refractivity contribution >= 4 is 29.3 Å². The predicted octanol–water partition coefficient (Wildman–Crippen LogP) is 2.78. The fourth-order valence-electron chi connectivity index (χ4n) is 6.61. The largest absolute Gasteiger partial charge is 0.481 e. The highest BCUT2D eigenvalue weighted by molar-refractivity contribution is 6.25. The number of piperazine rings is 1. The van der Waals surface area contributed by atoms with E-state index in [-0.39, 0.29) is 25.0 Å². The molecule has 1 unspecified atom stereocenters. The molecular weight excluding hydrogens is 603 g/mol. The molecule has 0 spiro atoms. The summed E-state index contributed by atoms with van der Waals surface area (Å²) in [4.78, 5) is 58.7. The molecular formula is C33H34F3N5O5. The average Bonchev–Trinajstić information content (AvgIpc) is 3.30. The first-order valence-electron chi connectivity index (χ1n) is 15.4. The summed E-state index contributed by atoms with van der Waals surface area (Å²) < 4.78 is 43.5. The van der Waals surface area contributed by atoms with Crippen LogP contribution in [-0.2, 0) is 15.8 Å². The molecule has 4 aliphatic rings. The monoisotopic (exact) mass is 637 g/mol. The summed E-state index contributed by atoms with van der Waals surface area (Å²) in [6.45, 7) is 5.52. The van der Waals surface area contributed by atoms with Gasteiger partial charge in [-0.1, -0.05) is 17.9 Å². The lowest BCUT2D eigenvalue weighted by atomic mass is 10.0. The number of piperidine rings is 2. The number of alkyl halides is 3. The highest BCUT2D eigenvalue weighted by Crippen LogP contribution is 2.35. The van der Waals surface area contributed by atoms with Crippen LogP contribution in [0.1, 0.15) is 52.0 Å². The van der Waals surface area contributed by atoms with Gasteiger partial charge in [0.15, 0.2) is 0 Å². The molecule has 4 amide bonds. The summed E-state index contributed by atoms with van der Waals surface area (Å²) in [7, 11) is 0. The molecule has 0 bridgehead atoms. The number of nitrogens with zero attached hydrogens (tertiary/aromatic N) is 4. The molecule has 3 saturated heterocycles. The molecule has 1 atom stereocenters. The number of imide groups is 2. The molecule has 10 nitrogen and oxygen atoms in total. The van der Waals surface area contributed by atoms with Gasteiger partial charge < -0.3 is 9.64 Å². The van der Waals surface area contributed by atoms with Crippen LogP contribution in [0.2, 0.25) is 0 Å². The van der Waals surface area contributed by atoms with Crippen molar-refractivity contribution in [1.82, 2.24) is 20.0 Å². The van der Waals surface area contributed by atoms with Crippen molar-refractivity contribution in [2.75, 3.05) is 57.3 Å². The molecule has 0 saturated carbocycles. The Bertz CT molecular complexity index is 1570. The van der Waals surface area contributed by atoms with E-state index in [0.717, 1.165) is 56.1 Å². The number of anilines is 1. The quantitative estimate of drug-likeness (QED) is 0.382. The zero-order valence-electron chi connectivity index (χ0n) is 25.1. The maximum Gasteiger partial charge on any atom is 0.416 e. The zero-order chi connectivity index (χ0) is 32.4. The first-order chi connectivity index (χ1) is 22.1. The molecule has 0 radical (unpaired) electrons. The summed E-state index contributed by atoms with van der Waals surface area (Å²) in [6.07, 6.45) is -2.18. The molecule has 2 aromatic carbocycles. The highest BCUT2D eigenvalue weighted by Gasteiger charge is 2.46. The number of benzene rings is 2. The maximum atomic E-state index is 13.5. The smallest absolute Gasteiger partial charge is 0.416 e. The van der Waals surface area contributed by atoms with Crippen LogP contribution in [0.4, 0.5) is 18.9 Å². The van der Waals surface area contributed by atoms with E-state index >= 15 is 0 Å². The van der Waals surface area contributed by atoms with Gasteiger partial charge in [0, 0.05) is 51.7 Å². The Hall–Kier alpha value is -4.41. The van der Waals surface area contributed by atoms with Crippen molar-refractivity contribution in [2.24, 2.45) is 0 Å². The third-order valence-corrected chi connectivity index (χ3v) is 9.09. The number of nitrogens with one attached hydrogen (secondary N) is 1. The molecule has 13 heteroatoms. The normalized spacial score (nSPS) is 21.6. The lowest BCUT2D eigenvalue weighted by molar-refractivity contribution is -0.138.